The van der Waals surface area contributed by atoms with Gasteiger partial charge < -0.3 is 0 Å². The second-order valence-corrected chi connectivity index (χ2v) is 6.51. The molecular formula is C12H19N5O2S. The van der Waals surface area contributed by atoms with E-state index in [1.54, 1.807) is 18.5 Å². The van der Waals surface area contributed by atoms with Crippen molar-refractivity contribution in [3.63, 3.8) is 0 Å². The summed E-state index contributed by atoms with van der Waals surface area (Å²) in [6.45, 7) is 7.99. The smallest absolute Gasteiger partial charge is 0.244 e. The van der Waals surface area contributed by atoms with Gasteiger partial charge in [-0.05, 0) is 33.8 Å². The van der Waals surface area contributed by atoms with Gasteiger partial charge in [0.15, 0.2) is 0 Å². The normalized spacial score (nSPS) is 12.0. The van der Waals surface area contributed by atoms with Gasteiger partial charge in [0.05, 0.1) is 23.6 Å². The number of hydrogen-bond donors (Lipinski definition) is 2. The molecule has 0 aliphatic heterocycles. The van der Waals surface area contributed by atoms with Gasteiger partial charge in [-0.1, -0.05) is 0 Å². The van der Waals surface area contributed by atoms with Gasteiger partial charge in [-0.25, -0.2) is 13.1 Å². The fourth-order valence-electron chi connectivity index (χ4n) is 2.20. The molecule has 2 N–H and O–H groups in total. The number of nitrogens with zero attached hydrogens (tertiary/aromatic N) is 3. The highest BCUT2D eigenvalue weighted by atomic mass is 32.2. The lowest BCUT2D eigenvalue weighted by Crippen LogP contribution is -2.28. The molecule has 0 radical (unpaired) electrons. The molecule has 0 amide bonds. The first kappa shape index (κ1) is 14.7. The number of sulfonamides is 1. The van der Waals surface area contributed by atoms with E-state index in [9.17, 15) is 8.42 Å². The van der Waals surface area contributed by atoms with Crippen molar-refractivity contribution < 1.29 is 8.42 Å². The number of H-pyrrole nitrogens is 1. The average Bonchev–Trinajstić information content (AvgIpc) is 2.82. The van der Waals surface area contributed by atoms with Crippen molar-refractivity contribution in [2.45, 2.75) is 39.1 Å². The van der Waals surface area contributed by atoms with Crippen LogP contribution in [0.3, 0.4) is 0 Å². The fourth-order valence-corrected chi connectivity index (χ4v) is 3.58. The first-order valence-electron chi connectivity index (χ1n) is 6.33. The SMILES string of the molecule is Cc1cc(C)n(CCNS(=O)(=O)c2c(C)n[nH]c2C)n1. The maximum Gasteiger partial charge on any atom is 0.244 e. The molecular weight excluding hydrogens is 278 g/mol. The van der Waals surface area contributed by atoms with E-state index in [1.165, 1.54) is 0 Å². The van der Waals surface area contributed by atoms with E-state index >= 15 is 0 Å². The molecule has 2 aromatic rings. The predicted molar refractivity (Wildman–Crippen MR) is 75.0 cm³/mol. The summed E-state index contributed by atoms with van der Waals surface area (Å²) in [6.07, 6.45) is 0. The molecule has 0 fully saturated rings. The Morgan fingerprint density at radius 2 is 2.00 bits per heavy atom. The molecule has 0 atom stereocenters. The first-order valence-corrected chi connectivity index (χ1v) is 7.82. The predicted octanol–water partition coefficient (Wildman–Crippen LogP) is 0.818. The summed E-state index contributed by atoms with van der Waals surface area (Å²) >= 11 is 0. The second kappa shape index (κ2) is 5.37. The monoisotopic (exact) mass is 297 g/mol. The van der Waals surface area contributed by atoms with Gasteiger partial charge in [0, 0.05) is 12.2 Å². The van der Waals surface area contributed by atoms with Gasteiger partial charge in [-0.2, -0.15) is 10.2 Å². The summed E-state index contributed by atoms with van der Waals surface area (Å²) in [4.78, 5) is 0.228. The van der Waals surface area contributed by atoms with Crippen LogP contribution in [0.25, 0.3) is 0 Å². The molecule has 7 nitrogen and oxygen atoms in total. The summed E-state index contributed by atoms with van der Waals surface area (Å²) in [5.41, 5.74) is 2.95. The van der Waals surface area contributed by atoms with Crippen LogP contribution in [-0.2, 0) is 16.6 Å². The summed E-state index contributed by atoms with van der Waals surface area (Å²) in [5, 5.41) is 10.9. The van der Waals surface area contributed by atoms with E-state index in [0.717, 1.165) is 11.4 Å². The lowest BCUT2D eigenvalue weighted by molar-refractivity contribution is 0.553. The topological polar surface area (TPSA) is 92.7 Å². The highest BCUT2D eigenvalue weighted by Gasteiger charge is 2.21. The van der Waals surface area contributed by atoms with Crippen LogP contribution in [0, 0.1) is 27.7 Å². The fraction of sp³-hybridized carbons (Fsp3) is 0.500. The quantitative estimate of drug-likeness (QED) is 0.854. The Kier molecular flexibility index (Phi) is 3.96. The Labute approximate surface area is 118 Å². The van der Waals surface area contributed by atoms with Gasteiger partial charge in [0.1, 0.15) is 4.90 Å². The summed E-state index contributed by atoms with van der Waals surface area (Å²) in [5.74, 6) is 0. The van der Waals surface area contributed by atoms with Gasteiger partial charge >= 0.3 is 0 Å². The lowest BCUT2D eigenvalue weighted by atomic mass is 10.4. The Morgan fingerprint density at radius 3 is 2.50 bits per heavy atom. The molecule has 2 aromatic heterocycles. The lowest BCUT2D eigenvalue weighted by Gasteiger charge is -2.08. The number of rotatable bonds is 5. The van der Waals surface area contributed by atoms with Crippen LogP contribution in [-0.4, -0.2) is 34.9 Å². The van der Waals surface area contributed by atoms with Crippen LogP contribution in [0.4, 0.5) is 0 Å². The van der Waals surface area contributed by atoms with Crippen molar-refractivity contribution in [3.8, 4) is 0 Å². The van der Waals surface area contributed by atoms with Crippen molar-refractivity contribution in [2.75, 3.05) is 6.54 Å². The zero-order valence-electron chi connectivity index (χ0n) is 12.1. The molecule has 0 unspecified atom stereocenters. The highest BCUT2D eigenvalue weighted by Crippen LogP contribution is 2.15. The second-order valence-electron chi connectivity index (χ2n) is 4.81. The Balaban J connectivity index is 2.05. The van der Waals surface area contributed by atoms with E-state index in [4.69, 9.17) is 0 Å². The maximum absolute atomic E-state index is 12.2. The summed E-state index contributed by atoms with van der Waals surface area (Å²) in [7, 11) is -3.54. The molecule has 2 rings (SSSR count). The van der Waals surface area contributed by atoms with E-state index in [0.29, 0.717) is 17.9 Å². The summed E-state index contributed by atoms with van der Waals surface area (Å²) in [6, 6.07) is 1.96. The maximum atomic E-state index is 12.2. The van der Waals surface area contributed by atoms with Gasteiger partial charge in [0.2, 0.25) is 10.0 Å². The molecule has 0 spiro atoms. The minimum absolute atomic E-state index is 0.228. The molecule has 0 saturated carbocycles. The van der Waals surface area contributed by atoms with Crippen molar-refractivity contribution in [1.29, 1.82) is 0 Å². The third kappa shape index (κ3) is 2.91. The van der Waals surface area contributed by atoms with Crippen molar-refractivity contribution >= 4 is 10.0 Å². The third-order valence-corrected chi connectivity index (χ3v) is 4.77. The molecule has 0 saturated heterocycles. The number of aromatic nitrogens is 4. The first-order chi connectivity index (χ1) is 9.31. The summed E-state index contributed by atoms with van der Waals surface area (Å²) < 4.78 is 28.8. The molecule has 20 heavy (non-hydrogen) atoms. The van der Waals surface area contributed by atoms with Crippen LogP contribution in [0.15, 0.2) is 11.0 Å². The van der Waals surface area contributed by atoms with E-state index in [-0.39, 0.29) is 11.4 Å². The van der Waals surface area contributed by atoms with Crippen LogP contribution in [0.2, 0.25) is 0 Å². The molecule has 0 aliphatic carbocycles. The zero-order chi connectivity index (χ0) is 14.9. The minimum atomic E-state index is -3.54. The molecule has 110 valence electrons. The van der Waals surface area contributed by atoms with E-state index < -0.39 is 10.0 Å². The molecule has 0 bridgehead atoms. The number of hydrogen-bond acceptors (Lipinski definition) is 4. The highest BCUT2D eigenvalue weighted by molar-refractivity contribution is 7.89. The van der Waals surface area contributed by atoms with Crippen molar-refractivity contribution in [3.05, 3.63) is 28.8 Å². The Hall–Kier alpha value is -1.67. The molecule has 2 heterocycles. The van der Waals surface area contributed by atoms with Gasteiger partial charge in [-0.15, -0.1) is 0 Å². The Morgan fingerprint density at radius 1 is 1.30 bits per heavy atom. The number of nitrogens with one attached hydrogen (secondary N) is 2. The van der Waals surface area contributed by atoms with Crippen LogP contribution in [0.1, 0.15) is 22.8 Å². The standard InChI is InChI=1S/C12H19N5O2S/c1-8-7-9(2)17(16-8)6-5-13-20(18,19)12-10(3)14-15-11(12)4/h7,13H,5-6H2,1-4H3,(H,14,15). The molecule has 8 heteroatoms. The van der Waals surface area contributed by atoms with Crippen LogP contribution in [0.5, 0.6) is 0 Å². The largest absolute Gasteiger partial charge is 0.281 e. The third-order valence-electron chi connectivity index (χ3n) is 3.05. The van der Waals surface area contributed by atoms with E-state index in [1.807, 2.05) is 19.9 Å². The molecule has 0 aromatic carbocycles. The zero-order valence-corrected chi connectivity index (χ0v) is 12.9. The van der Waals surface area contributed by atoms with Crippen LogP contribution < -0.4 is 4.72 Å². The number of aromatic amines is 1. The Bertz CT molecular complexity index is 695. The van der Waals surface area contributed by atoms with Gasteiger partial charge in [-0.3, -0.25) is 9.78 Å². The van der Waals surface area contributed by atoms with Crippen LogP contribution >= 0.6 is 0 Å². The minimum Gasteiger partial charge on any atom is -0.281 e. The number of aryl methyl sites for hydroxylation is 4. The van der Waals surface area contributed by atoms with Crippen molar-refractivity contribution in [1.82, 2.24) is 24.7 Å². The average molecular weight is 297 g/mol. The van der Waals surface area contributed by atoms with E-state index in [2.05, 4.69) is 20.0 Å². The van der Waals surface area contributed by atoms with Crippen molar-refractivity contribution in [2.24, 2.45) is 0 Å². The molecule has 0 aliphatic rings. The van der Waals surface area contributed by atoms with Gasteiger partial charge in [0.25, 0.3) is 0 Å².